The van der Waals surface area contributed by atoms with Crippen LogP contribution in [0.1, 0.15) is 18.6 Å². The van der Waals surface area contributed by atoms with Crippen LogP contribution in [0.3, 0.4) is 0 Å². The van der Waals surface area contributed by atoms with Gasteiger partial charge in [0.2, 0.25) is 10.0 Å². The molecular formula is C18H21NO6S. The SMILES string of the molecule is COc1ccc(S(=O)(=O)NCC(=O)O[C@H](C)c2ccccc2)cc1OC. The average Bonchev–Trinajstić information content (AvgIpc) is 2.66. The van der Waals surface area contributed by atoms with E-state index in [1.165, 1.54) is 32.4 Å². The molecule has 0 aliphatic rings. The fraction of sp³-hybridized carbons (Fsp3) is 0.278. The predicted octanol–water partition coefficient (Wildman–Crippen LogP) is 2.29. The minimum Gasteiger partial charge on any atom is -0.493 e. The largest absolute Gasteiger partial charge is 0.493 e. The second-order valence-corrected chi connectivity index (χ2v) is 7.15. The van der Waals surface area contributed by atoms with Crippen molar-refractivity contribution in [1.29, 1.82) is 0 Å². The van der Waals surface area contributed by atoms with Gasteiger partial charge in [-0.05, 0) is 24.6 Å². The lowest BCUT2D eigenvalue weighted by Gasteiger charge is -2.14. The topological polar surface area (TPSA) is 90.9 Å². The summed E-state index contributed by atoms with van der Waals surface area (Å²) in [7, 11) is -1.04. The molecule has 26 heavy (non-hydrogen) atoms. The van der Waals surface area contributed by atoms with Gasteiger partial charge in [-0.15, -0.1) is 0 Å². The van der Waals surface area contributed by atoms with Crippen molar-refractivity contribution in [3.05, 3.63) is 54.1 Å². The van der Waals surface area contributed by atoms with Crippen molar-refractivity contribution in [2.75, 3.05) is 20.8 Å². The maximum Gasteiger partial charge on any atom is 0.321 e. The zero-order valence-electron chi connectivity index (χ0n) is 14.8. The Morgan fingerprint density at radius 1 is 1.04 bits per heavy atom. The Labute approximate surface area is 152 Å². The summed E-state index contributed by atoms with van der Waals surface area (Å²) in [5.74, 6) is 0.00333. The Morgan fingerprint density at radius 3 is 2.31 bits per heavy atom. The number of sulfonamides is 1. The summed E-state index contributed by atoms with van der Waals surface area (Å²) in [5.41, 5.74) is 0.823. The van der Waals surface area contributed by atoms with Gasteiger partial charge in [0.25, 0.3) is 0 Å². The zero-order chi connectivity index (χ0) is 19.2. The Kier molecular flexibility index (Phi) is 6.59. The van der Waals surface area contributed by atoms with Crippen molar-refractivity contribution in [3.63, 3.8) is 0 Å². The Morgan fingerprint density at radius 2 is 1.69 bits per heavy atom. The third kappa shape index (κ3) is 4.96. The Hall–Kier alpha value is -2.58. The van der Waals surface area contributed by atoms with Crippen LogP contribution in [0.25, 0.3) is 0 Å². The first-order valence-corrected chi connectivity index (χ1v) is 9.32. The second kappa shape index (κ2) is 8.68. The molecular weight excluding hydrogens is 358 g/mol. The summed E-state index contributed by atoms with van der Waals surface area (Å²) in [5, 5.41) is 0. The number of nitrogens with one attached hydrogen (secondary N) is 1. The van der Waals surface area contributed by atoms with Crippen molar-refractivity contribution in [2.45, 2.75) is 17.9 Å². The van der Waals surface area contributed by atoms with Crippen LogP contribution >= 0.6 is 0 Å². The van der Waals surface area contributed by atoms with Crippen molar-refractivity contribution in [1.82, 2.24) is 4.72 Å². The molecule has 0 heterocycles. The summed E-state index contributed by atoms with van der Waals surface area (Å²) >= 11 is 0. The molecule has 2 rings (SSSR count). The monoisotopic (exact) mass is 379 g/mol. The van der Waals surface area contributed by atoms with Gasteiger partial charge in [0.05, 0.1) is 19.1 Å². The van der Waals surface area contributed by atoms with E-state index < -0.39 is 28.6 Å². The first-order valence-electron chi connectivity index (χ1n) is 7.83. The smallest absolute Gasteiger partial charge is 0.321 e. The van der Waals surface area contributed by atoms with E-state index >= 15 is 0 Å². The molecule has 0 spiro atoms. The van der Waals surface area contributed by atoms with Crippen LogP contribution in [-0.2, 0) is 19.6 Å². The first-order chi connectivity index (χ1) is 12.4. The maximum atomic E-state index is 12.3. The first kappa shape index (κ1) is 19.7. The summed E-state index contributed by atoms with van der Waals surface area (Å²) in [6.07, 6.45) is -0.478. The third-order valence-electron chi connectivity index (χ3n) is 3.65. The lowest BCUT2D eigenvalue weighted by Crippen LogP contribution is -2.31. The van der Waals surface area contributed by atoms with Crippen LogP contribution in [0.2, 0.25) is 0 Å². The van der Waals surface area contributed by atoms with E-state index in [9.17, 15) is 13.2 Å². The quantitative estimate of drug-likeness (QED) is 0.708. The molecule has 0 aliphatic heterocycles. The van der Waals surface area contributed by atoms with Crippen LogP contribution < -0.4 is 14.2 Å². The lowest BCUT2D eigenvalue weighted by atomic mass is 10.1. The fourth-order valence-electron chi connectivity index (χ4n) is 2.25. The van der Waals surface area contributed by atoms with E-state index in [1.807, 2.05) is 30.3 Å². The molecule has 0 radical (unpaired) electrons. The van der Waals surface area contributed by atoms with Gasteiger partial charge in [0.15, 0.2) is 11.5 Å². The molecule has 8 heteroatoms. The van der Waals surface area contributed by atoms with E-state index in [0.29, 0.717) is 5.75 Å². The summed E-state index contributed by atoms with van der Waals surface area (Å²) in [4.78, 5) is 11.9. The highest BCUT2D eigenvalue weighted by Crippen LogP contribution is 2.29. The molecule has 2 aromatic carbocycles. The maximum absolute atomic E-state index is 12.3. The fourth-order valence-corrected chi connectivity index (χ4v) is 3.24. The number of benzene rings is 2. The second-order valence-electron chi connectivity index (χ2n) is 5.38. The van der Waals surface area contributed by atoms with Crippen LogP contribution in [0.5, 0.6) is 11.5 Å². The molecule has 140 valence electrons. The van der Waals surface area contributed by atoms with Crippen LogP contribution in [-0.4, -0.2) is 35.2 Å². The number of esters is 1. The molecule has 1 atom stereocenters. The van der Waals surface area contributed by atoms with E-state index in [2.05, 4.69) is 4.72 Å². The summed E-state index contributed by atoms with van der Waals surface area (Å²) in [6, 6.07) is 13.3. The highest BCUT2D eigenvalue weighted by atomic mass is 32.2. The van der Waals surface area contributed by atoms with E-state index in [1.54, 1.807) is 6.92 Å². The zero-order valence-corrected chi connectivity index (χ0v) is 15.6. The summed E-state index contributed by atoms with van der Waals surface area (Å²) < 4.78 is 42.3. The standard InChI is InChI=1S/C18H21NO6S/c1-13(14-7-5-4-6-8-14)25-18(20)12-19-26(21,22)15-9-10-16(23-2)17(11-15)24-3/h4-11,13,19H,12H2,1-3H3/t13-/m1/s1. The minimum atomic E-state index is -3.90. The average molecular weight is 379 g/mol. The number of hydrogen-bond acceptors (Lipinski definition) is 6. The molecule has 0 fully saturated rings. The minimum absolute atomic E-state index is 0.0425. The van der Waals surface area contributed by atoms with Gasteiger partial charge in [-0.2, -0.15) is 4.72 Å². The molecule has 0 aliphatic carbocycles. The van der Waals surface area contributed by atoms with Gasteiger partial charge >= 0.3 is 5.97 Å². The van der Waals surface area contributed by atoms with E-state index in [-0.39, 0.29) is 10.6 Å². The highest BCUT2D eigenvalue weighted by molar-refractivity contribution is 7.89. The van der Waals surface area contributed by atoms with Gasteiger partial charge in [-0.1, -0.05) is 30.3 Å². The molecule has 0 saturated heterocycles. The number of carbonyl (C=O) groups excluding carboxylic acids is 1. The number of hydrogen-bond donors (Lipinski definition) is 1. The van der Waals surface area contributed by atoms with Crippen LogP contribution in [0, 0.1) is 0 Å². The third-order valence-corrected chi connectivity index (χ3v) is 5.05. The van der Waals surface area contributed by atoms with Gasteiger partial charge < -0.3 is 14.2 Å². The van der Waals surface area contributed by atoms with Gasteiger partial charge in [-0.3, -0.25) is 4.79 Å². The predicted molar refractivity (Wildman–Crippen MR) is 95.7 cm³/mol. The number of carbonyl (C=O) groups is 1. The molecule has 1 N–H and O–H groups in total. The molecule has 0 unspecified atom stereocenters. The normalized spacial score (nSPS) is 12.3. The number of ether oxygens (including phenoxy) is 3. The number of rotatable bonds is 8. The Balaban J connectivity index is 2.00. The highest BCUT2D eigenvalue weighted by Gasteiger charge is 2.19. The molecule has 7 nitrogen and oxygen atoms in total. The molecule has 2 aromatic rings. The molecule has 0 saturated carbocycles. The van der Waals surface area contributed by atoms with Crippen molar-refractivity contribution in [2.24, 2.45) is 0 Å². The summed E-state index contributed by atoms with van der Waals surface area (Å²) in [6.45, 7) is 1.24. The molecule has 0 aromatic heterocycles. The molecule has 0 amide bonds. The van der Waals surface area contributed by atoms with Crippen LogP contribution in [0.15, 0.2) is 53.4 Å². The lowest BCUT2D eigenvalue weighted by molar-refractivity contribution is -0.147. The molecule has 0 bridgehead atoms. The van der Waals surface area contributed by atoms with Gasteiger partial charge in [-0.25, -0.2) is 8.42 Å². The Bertz CT molecular complexity index is 851. The number of methoxy groups -OCH3 is 2. The van der Waals surface area contributed by atoms with E-state index in [0.717, 1.165) is 5.56 Å². The van der Waals surface area contributed by atoms with Crippen LogP contribution in [0.4, 0.5) is 0 Å². The van der Waals surface area contributed by atoms with Crippen molar-refractivity contribution >= 4 is 16.0 Å². The van der Waals surface area contributed by atoms with Crippen molar-refractivity contribution in [3.8, 4) is 11.5 Å². The van der Waals surface area contributed by atoms with Gasteiger partial charge in [0, 0.05) is 6.07 Å². The van der Waals surface area contributed by atoms with Gasteiger partial charge in [0.1, 0.15) is 12.6 Å². The van der Waals surface area contributed by atoms with Crippen molar-refractivity contribution < 1.29 is 27.4 Å². The van der Waals surface area contributed by atoms with E-state index in [4.69, 9.17) is 14.2 Å².